The number of hydrogen-bond acceptors (Lipinski definition) is 3. The minimum absolute atomic E-state index is 0.265. The molecule has 1 aliphatic rings. The Morgan fingerprint density at radius 2 is 1.68 bits per heavy atom. The summed E-state index contributed by atoms with van der Waals surface area (Å²) in [6, 6.07) is 17.2. The second-order valence-corrected chi connectivity index (χ2v) is 6.24. The monoisotopic (exact) mass is 334 g/mol. The zero-order valence-electron chi connectivity index (χ0n) is 14.1. The molecule has 0 amide bonds. The number of aliphatic hydroxyl groups is 1. The minimum Gasteiger partial charge on any atom is -0.393 e. The van der Waals surface area contributed by atoms with Crippen LogP contribution >= 0.6 is 0 Å². The van der Waals surface area contributed by atoms with E-state index in [1.54, 1.807) is 0 Å². The highest BCUT2D eigenvalue weighted by atomic mass is 16.3. The lowest BCUT2D eigenvalue weighted by atomic mass is 9.99. The number of carbonyl (C=O) groups is 1. The molecule has 2 N–H and O–H groups in total. The average molecular weight is 334 g/mol. The number of hydrogen-bond donors (Lipinski definition) is 2. The lowest BCUT2D eigenvalue weighted by Crippen LogP contribution is -2.40. The number of amidine groups is 1. The van der Waals surface area contributed by atoms with Gasteiger partial charge in [0.05, 0.1) is 6.10 Å². The number of carbonyl (C=O) groups excluding carboxylic acids is 1. The van der Waals surface area contributed by atoms with Gasteiger partial charge in [-0.2, -0.15) is 0 Å². The molecule has 0 aliphatic carbocycles. The molecule has 1 fully saturated rings. The Balaban J connectivity index is 1.92. The molecule has 1 aliphatic heterocycles. The first-order chi connectivity index (χ1) is 12.2. The maximum atomic E-state index is 11.6. The summed E-state index contributed by atoms with van der Waals surface area (Å²) in [6.45, 7) is 1.36. The summed E-state index contributed by atoms with van der Waals surface area (Å²) in [6.07, 6.45) is 3.80. The van der Waals surface area contributed by atoms with Crippen LogP contribution in [0.4, 0.5) is 0 Å². The van der Waals surface area contributed by atoms with Crippen molar-refractivity contribution in [1.29, 1.82) is 5.41 Å². The van der Waals surface area contributed by atoms with Crippen LogP contribution in [0.25, 0.3) is 11.6 Å². The first-order valence-electron chi connectivity index (χ1n) is 8.52. The SMILES string of the molecule is N=C(c1ccccc1C=C(C=O)c1ccccc1)N1CCC(O)CC1. The summed E-state index contributed by atoms with van der Waals surface area (Å²) in [4.78, 5) is 13.6. The third kappa shape index (κ3) is 4.03. The van der Waals surface area contributed by atoms with Crippen molar-refractivity contribution in [3.63, 3.8) is 0 Å². The maximum absolute atomic E-state index is 11.6. The van der Waals surface area contributed by atoms with Crippen LogP contribution in [0.2, 0.25) is 0 Å². The van der Waals surface area contributed by atoms with Crippen molar-refractivity contribution in [3.8, 4) is 0 Å². The molecular formula is C21H22N2O2. The molecule has 2 aromatic rings. The number of rotatable bonds is 4. The lowest BCUT2D eigenvalue weighted by molar-refractivity contribution is -0.103. The van der Waals surface area contributed by atoms with Gasteiger partial charge in [0.2, 0.25) is 0 Å². The van der Waals surface area contributed by atoms with Crippen LogP contribution in [0.5, 0.6) is 0 Å². The number of likely N-dealkylation sites (tertiary alicyclic amines) is 1. The third-order valence-electron chi connectivity index (χ3n) is 4.54. The summed E-state index contributed by atoms with van der Waals surface area (Å²) < 4.78 is 0. The van der Waals surface area contributed by atoms with E-state index >= 15 is 0 Å². The maximum Gasteiger partial charge on any atom is 0.150 e. The molecule has 1 saturated heterocycles. The number of allylic oxidation sites excluding steroid dienone is 1. The fourth-order valence-electron chi connectivity index (χ4n) is 3.08. The van der Waals surface area contributed by atoms with Crippen LogP contribution in [0, 0.1) is 5.41 Å². The first kappa shape index (κ1) is 17.1. The number of benzene rings is 2. The van der Waals surface area contributed by atoms with Crippen molar-refractivity contribution in [2.75, 3.05) is 13.1 Å². The molecule has 0 aromatic heterocycles. The molecule has 25 heavy (non-hydrogen) atoms. The number of aldehydes is 1. The molecule has 0 radical (unpaired) electrons. The van der Waals surface area contributed by atoms with Gasteiger partial charge < -0.3 is 10.0 Å². The van der Waals surface area contributed by atoms with Gasteiger partial charge in [-0.05, 0) is 30.0 Å². The molecular weight excluding hydrogens is 312 g/mol. The molecule has 4 nitrogen and oxygen atoms in total. The van der Waals surface area contributed by atoms with E-state index in [9.17, 15) is 9.90 Å². The van der Waals surface area contributed by atoms with Crippen LogP contribution in [0.3, 0.4) is 0 Å². The smallest absolute Gasteiger partial charge is 0.150 e. The highest BCUT2D eigenvalue weighted by Gasteiger charge is 2.21. The second-order valence-electron chi connectivity index (χ2n) is 6.24. The van der Waals surface area contributed by atoms with Gasteiger partial charge in [0.1, 0.15) is 5.84 Å². The standard InChI is InChI=1S/C21H22N2O2/c22-21(23-12-10-19(25)11-13-23)20-9-5-4-8-17(20)14-18(15-24)16-6-2-1-3-7-16/h1-9,14-15,19,22,25H,10-13H2. The van der Waals surface area contributed by atoms with E-state index in [0.29, 0.717) is 37.3 Å². The largest absolute Gasteiger partial charge is 0.393 e. The van der Waals surface area contributed by atoms with Crippen LogP contribution in [-0.2, 0) is 4.79 Å². The van der Waals surface area contributed by atoms with Crippen molar-refractivity contribution < 1.29 is 9.90 Å². The molecule has 0 bridgehead atoms. The Bertz CT molecular complexity index is 775. The topological polar surface area (TPSA) is 64.4 Å². The van der Waals surface area contributed by atoms with Crippen LogP contribution in [-0.4, -0.2) is 41.3 Å². The van der Waals surface area contributed by atoms with Crippen molar-refractivity contribution >= 4 is 23.8 Å². The van der Waals surface area contributed by atoms with Gasteiger partial charge in [-0.15, -0.1) is 0 Å². The predicted octanol–water partition coefficient (Wildman–Crippen LogP) is 3.21. The zero-order valence-corrected chi connectivity index (χ0v) is 14.1. The van der Waals surface area contributed by atoms with Gasteiger partial charge in [0, 0.05) is 24.2 Å². The first-order valence-corrected chi connectivity index (χ1v) is 8.52. The van der Waals surface area contributed by atoms with Gasteiger partial charge in [-0.25, -0.2) is 0 Å². The third-order valence-corrected chi connectivity index (χ3v) is 4.54. The van der Waals surface area contributed by atoms with Gasteiger partial charge in [0.25, 0.3) is 0 Å². The van der Waals surface area contributed by atoms with E-state index in [1.807, 2.05) is 65.6 Å². The summed E-state index contributed by atoms with van der Waals surface area (Å²) >= 11 is 0. The lowest BCUT2D eigenvalue weighted by Gasteiger charge is -2.32. The normalized spacial score (nSPS) is 15.9. The highest BCUT2D eigenvalue weighted by Crippen LogP contribution is 2.21. The molecule has 0 saturated carbocycles. The average Bonchev–Trinajstić information content (AvgIpc) is 2.67. The predicted molar refractivity (Wildman–Crippen MR) is 100 cm³/mol. The van der Waals surface area contributed by atoms with Crippen molar-refractivity contribution in [1.82, 2.24) is 4.90 Å². The van der Waals surface area contributed by atoms with Crippen molar-refractivity contribution in [2.24, 2.45) is 0 Å². The molecule has 2 aromatic carbocycles. The molecule has 1 heterocycles. The van der Waals surface area contributed by atoms with E-state index in [2.05, 4.69) is 0 Å². The quantitative estimate of drug-likeness (QED) is 0.297. The number of piperidine rings is 1. The number of nitrogens with zero attached hydrogens (tertiary/aromatic N) is 1. The van der Waals surface area contributed by atoms with Crippen LogP contribution in [0.1, 0.15) is 29.5 Å². The Hall–Kier alpha value is -2.72. The second kappa shape index (κ2) is 7.90. The summed E-state index contributed by atoms with van der Waals surface area (Å²) in [7, 11) is 0. The fraction of sp³-hybridized carbons (Fsp3) is 0.238. The van der Waals surface area contributed by atoms with Crippen LogP contribution in [0.15, 0.2) is 54.6 Å². The summed E-state index contributed by atoms with van der Waals surface area (Å²) in [5, 5.41) is 18.2. The summed E-state index contributed by atoms with van der Waals surface area (Å²) in [5.74, 6) is 0.442. The molecule has 0 spiro atoms. The molecule has 128 valence electrons. The van der Waals surface area contributed by atoms with Gasteiger partial charge in [0.15, 0.2) is 6.29 Å². The van der Waals surface area contributed by atoms with Crippen molar-refractivity contribution in [2.45, 2.75) is 18.9 Å². The molecule has 0 unspecified atom stereocenters. The van der Waals surface area contributed by atoms with Crippen molar-refractivity contribution in [3.05, 3.63) is 71.3 Å². The van der Waals surface area contributed by atoms with E-state index in [1.165, 1.54) is 0 Å². The molecule has 3 rings (SSSR count). The van der Waals surface area contributed by atoms with Gasteiger partial charge >= 0.3 is 0 Å². The van der Waals surface area contributed by atoms with E-state index in [0.717, 1.165) is 23.0 Å². The Kier molecular flexibility index (Phi) is 5.41. The zero-order chi connectivity index (χ0) is 17.6. The Labute approximate surface area is 147 Å². The van der Waals surface area contributed by atoms with Crippen LogP contribution < -0.4 is 0 Å². The molecule has 0 atom stereocenters. The number of aliphatic hydroxyl groups excluding tert-OH is 1. The Morgan fingerprint density at radius 1 is 1.04 bits per heavy atom. The summed E-state index contributed by atoms with van der Waals surface area (Å²) in [5.41, 5.74) is 3.11. The number of nitrogens with one attached hydrogen (secondary N) is 1. The van der Waals surface area contributed by atoms with E-state index < -0.39 is 0 Å². The minimum atomic E-state index is -0.265. The van der Waals surface area contributed by atoms with Gasteiger partial charge in [-0.1, -0.05) is 54.6 Å². The highest BCUT2D eigenvalue weighted by molar-refractivity contribution is 6.14. The van der Waals surface area contributed by atoms with Gasteiger partial charge in [-0.3, -0.25) is 10.2 Å². The molecule has 4 heteroatoms. The fourth-order valence-corrected chi connectivity index (χ4v) is 3.08. The Morgan fingerprint density at radius 3 is 2.36 bits per heavy atom. The van der Waals surface area contributed by atoms with E-state index in [-0.39, 0.29) is 6.10 Å². The van der Waals surface area contributed by atoms with E-state index in [4.69, 9.17) is 5.41 Å².